The molecule has 0 saturated heterocycles. The highest BCUT2D eigenvalue weighted by Gasteiger charge is 2.02. The third-order valence-corrected chi connectivity index (χ3v) is 2.28. The number of ether oxygens (including phenoxy) is 1. The maximum Gasteiger partial charge on any atom is 0.235 e. The van der Waals surface area contributed by atoms with Crippen LogP contribution in [0.15, 0.2) is 27.7 Å². The van der Waals surface area contributed by atoms with Gasteiger partial charge in [0.05, 0.1) is 13.2 Å². The Labute approximate surface area is 90.9 Å². The molecule has 0 heterocycles. The first-order chi connectivity index (χ1) is 6.77. The average Bonchev–Trinajstić information content (AvgIpc) is 2.17. The quantitative estimate of drug-likeness (QED) is 0.613. The highest BCUT2D eigenvalue weighted by molar-refractivity contribution is 9.10. The van der Waals surface area contributed by atoms with E-state index in [1.807, 2.05) is 18.2 Å². The maximum atomic E-state index is 9.98. The molecular weight excluding hydrogens is 246 g/mol. The zero-order valence-electron chi connectivity index (χ0n) is 7.79. The summed E-state index contributed by atoms with van der Waals surface area (Å²) >= 11 is 3.37. The molecule has 1 aromatic carbocycles. The summed E-state index contributed by atoms with van der Waals surface area (Å²) in [4.78, 5) is 13.5. The van der Waals surface area contributed by atoms with Crippen LogP contribution in [0.3, 0.4) is 0 Å². The molecule has 0 bridgehead atoms. The Kier molecular flexibility index (Phi) is 4.53. The number of hydrogen-bond donors (Lipinski definition) is 0. The van der Waals surface area contributed by atoms with Crippen molar-refractivity contribution in [1.82, 2.24) is 0 Å². The summed E-state index contributed by atoms with van der Waals surface area (Å²) in [7, 11) is 1.63. The fourth-order valence-corrected chi connectivity index (χ4v) is 1.56. The second-order valence-electron chi connectivity index (χ2n) is 2.75. The van der Waals surface area contributed by atoms with Crippen LogP contribution in [-0.4, -0.2) is 13.2 Å². The Morgan fingerprint density at radius 3 is 2.93 bits per heavy atom. The highest BCUT2D eigenvalue weighted by Crippen LogP contribution is 2.18. The summed E-state index contributed by atoms with van der Waals surface area (Å²) in [5.74, 6) is 0. The number of rotatable bonds is 4. The van der Waals surface area contributed by atoms with Crippen LogP contribution in [0, 0.1) is 0 Å². The van der Waals surface area contributed by atoms with Gasteiger partial charge in [0, 0.05) is 11.6 Å². The number of nitrogens with zero attached hydrogens (tertiary/aromatic N) is 1. The summed E-state index contributed by atoms with van der Waals surface area (Å²) in [6.45, 7) is 0.874. The van der Waals surface area contributed by atoms with Gasteiger partial charge in [0.15, 0.2) is 0 Å². The molecule has 0 N–H and O–H groups in total. The molecule has 0 fully saturated rings. The largest absolute Gasteiger partial charge is 0.380 e. The van der Waals surface area contributed by atoms with Crippen molar-refractivity contribution in [2.24, 2.45) is 4.99 Å². The van der Waals surface area contributed by atoms with Crippen molar-refractivity contribution in [3.05, 3.63) is 33.8 Å². The average molecular weight is 256 g/mol. The van der Waals surface area contributed by atoms with E-state index in [0.717, 1.165) is 15.6 Å². The molecule has 74 valence electrons. The van der Waals surface area contributed by atoms with Crippen LogP contribution in [0.1, 0.15) is 11.1 Å². The van der Waals surface area contributed by atoms with Crippen molar-refractivity contribution in [2.45, 2.75) is 13.2 Å². The van der Waals surface area contributed by atoms with Gasteiger partial charge < -0.3 is 4.74 Å². The fourth-order valence-electron chi connectivity index (χ4n) is 1.16. The molecule has 0 aromatic heterocycles. The van der Waals surface area contributed by atoms with E-state index in [1.54, 1.807) is 7.11 Å². The van der Waals surface area contributed by atoms with Crippen molar-refractivity contribution in [1.29, 1.82) is 0 Å². The van der Waals surface area contributed by atoms with Crippen LogP contribution in [0.4, 0.5) is 0 Å². The maximum absolute atomic E-state index is 9.98. The number of aliphatic imine (C=N–C) groups is 1. The van der Waals surface area contributed by atoms with Crippen molar-refractivity contribution < 1.29 is 9.53 Å². The molecular formula is C10H10BrNO2. The molecule has 1 rings (SSSR count). The Hall–Kier alpha value is -0.960. The predicted molar refractivity (Wildman–Crippen MR) is 56.7 cm³/mol. The van der Waals surface area contributed by atoms with Crippen molar-refractivity contribution in [3.8, 4) is 0 Å². The number of halogens is 1. The van der Waals surface area contributed by atoms with Gasteiger partial charge in [-0.25, -0.2) is 9.79 Å². The summed E-state index contributed by atoms with van der Waals surface area (Å²) in [6, 6.07) is 5.78. The zero-order valence-corrected chi connectivity index (χ0v) is 9.37. The molecule has 0 unspecified atom stereocenters. The normalized spacial score (nSPS) is 9.57. The summed E-state index contributed by atoms with van der Waals surface area (Å²) in [5.41, 5.74) is 2.01. The number of carbonyl (C=O) groups excluding carboxylic acids is 1. The molecule has 0 atom stereocenters. The lowest BCUT2D eigenvalue weighted by molar-refractivity contribution is 0.184. The molecule has 0 aliphatic rings. The second kappa shape index (κ2) is 5.70. The number of benzene rings is 1. The van der Waals surface area contributed by atoms with Crippen molar-refractivity contribution in [3.63, 3.8) is 0 Å². The molecule has 0 aliphatic heterocycles. The lowest BCUT2D eigenvalue weighted by atomic mass is 10.1. The monoisotopic (exact) mass is 255 g/mol. The van der Waals surface area contributed by atoms with Gasteiger partial charge in [-0.05, 0) is 23.3 Å². The topological polar surface area (TPSA) is 38.7 Å². The van der Waals surface area contributed by atoms with E-state index in [-0.39, 0.29) is 0 Å². The molecule has 0 radical (unpaired) electrons. The van der Waals surface area contributed by atoms with Gasteiger partial charge in [0.25, 0.3) is 0 Å². The molecule has 1 aromatic rings. The van der Waals surface area contributed by atoms with Crippen LogP contribution >= 0.6 is 15.9 Å². The first-order valence-electron chi connectivity index (χ1n) is 4.08. The lowest BCUT2D eigenvalue weighted by Crippen LogP contribution is -1.94. The minimum Gasteiger partial charge on any atom is -0.380 e. The Morgan fingerprint density at radius 2 is 2.29 bits per heavy atom. The van der Waals surface area contributed by atoms with Crippen LogP contribution < -0.4 is 0 Å². The number of methoxy groups -OCH3 is 1. The number of hydrogen-bond acceptors (Lipinski definition) is 3. The third-order valence-electron chi connectivity index (χ3n) is 1.78. The van der Waals surface area contributed by atoms with Gasteiger partial charge in [-0.15, -0.1) is 0 Å². The van der Waals surface area contributed by atoms with Gasteiger partial charge in [0.1, 0.15) is 0 Å². The van der Waals surface area contributed by atoms with Crippen molar-refractivity contribution in [2.75, 3.05) is 7.11 Å². The van der Waals surface area contributed by atoms with E-state index < -0.39 is 0 Å². The van der Waals surface area contributed by atoms with Crippen molar-refractivity contribution >= 4 is 22.0 Å². The zero-order chi connectivity index (χ0) is 10.4. The van der Waals surface area contributed by atoms with Crippen LogP contribution in [0.25, 0.3) is 0 Å². The fraction of sp³-hybridized carbons (Fsp3) is 0.300. The first-order valence-corrected chi connectivity index (χ1v) is 4.87. The first kappa shape index (κ1) is 11.1. The minimum absolute atomic E-state index is 0.357. The Bertz CT molecular complexity index is 359. The predicted octanol–water partition coefficient (Wildman–Crippen LogP) is 2.43. The second-order valence-corrected chi connectivity index (χ2v) is 3.67. The molecule has 14 heavy (non-hydrogen) atoms. The van der Waals surface area contributed by atoms with E-state index in [2.05, 4.69) is 20.9 Å². The summed E-state index contributed by atoms with van der Waals surface area (Å²) in [5, 5.41) is 0. The van der Waals surface area contributed by atoms with Gasteiger partial charge >= 0.3 is 0 Å². The van der Waals surface area contributed by atoms with E-state index in [4.69, 9.17) is 4.74 Å². The molecule has 0 spiro atoms. The number of isocyanates is 1. The molecule has 0 aliphatic carbocycles. The third kappa shape index (κ3) is 3.07. The van der Waals surface area contributed by atoms with Crippen LogP contribution in [0.2, 0.25) is 0 Å². The van der Waals surface area contributed by atoms with Gasteiger partial charge in [-0.2, -0.15) is 0 Å². The Balaban J connectivity index is 2.94. The summed E-state index contributed by atoms with van der Waals surface area (Å²) < 4.78 is 6.03. The lowest BCUT2D eigenvalue weighted by Gasteiger charge is -2.06. The smallest absolute Gasteiger partial charge is 0.235 e. The van der Waals surface area contributed by atoms with E-state index >= 15 is 0 Å². The van der Waals surface area contributed by atoms with E-state index in [1.165, 1.54) is 6.08 Å². The molecule has 4 heteroatoms. The minimum atomic E-state index is 0.357. The van der Waals surface area contributed by atoms with E-state index in [9.17, 15) is 4.79 Å². The highest BCUT2D eigenvalue weighted by atomic mass is 79.9. The SMILES string of the molecule is COCc1cc(Br)ccc1CN=C=O. The van der Waals surface area contributed by atoms with Gasteiger partial charge in [-0.1, -0.05) is 22.0 Å². The van der Waals surface area contributed by atoms with Gasteiger partial charge in [-0.3, -0.25) is 0 Å². The molecule has 3 nitrogen and oxygen atoms in total. The summed E-state index contributed by atoms with van der Waals surface area (Å²) in [6.07, 6.45) is 1.52. The van der Waals surface area contributed by atoms with E-state index in [0.29, 0.717) is 13.2 Å². The standard InChI is InChI=1S/C10H10BrNO2/c1-14-6-9-4-10(11)3-2-8(9)5-12-7-13/h2-4H,5-6H2,1H3. The molecule has 0 saturated carbocycles. The molecule has 0 amide bonds. The van der Waals surface area contributed by atoms with Gasteiger partial charge in [0.2, 0.25) is 6.08 Å². The van der Waals surface area contributed by atoms with Crippen LogP contribution in [-0.2, 0) is 22.7 Å². The van der Waals surface area contributed by atoms with Crippen LogP contribution in [0.5, 0.6) is 0 Å². The Morgan fingerprint density at radius 1 is 1.50 bits per heavy atom.